The summed E-state index contributed by atoms with van der Waals surface area (Å²) in [6.07, 6.45) is 0. The fraction of sp³-hybridized carbons (Fsp3) is 0.0357. The first kappa shape index (κ1) is 22.0. The summed E-state index contributed by atoms with van der Waals surface area (Å²) in [5.41, 5.74) is 4.84. The molecule has 0 radical (unpaired) electrons. The molecule has 4 aromatic carbocycles. The summed E-state index contributed by atoms with van der Waals surface area (Å²) in [4.78, 5) is 33.2. The first-order valence-electron chi connectivity index (χ1n) is 11.0. The van der Waals surface area contributed by atoms with Crippen LogP contribution in [0.1, 0.15) is 26.3 Å². The minimum Gasteiger partial charge on any atom is -0.338 e. The summed E-state index contributed by atoms with van der Waals surface area (Å²) in [5.74, 6) is -0.770. The van der Waals surface area contributed by atoms with Crippen LogP contribution in [0.25, 0.3) is 22.4 Å². The van der Waals surface area contributed by atoms with E-state index < -0.39 is 11.7 Å². The zero-order chi connectivity index (χ0) is 24.4. The smallest absolute Gasteiger partial charge is 0.258 e. The van der Waals surface area contributed by atoms with Crippen LogP contribution in [0.3, 0.4) is 0 Å². The molecular weight excluding hydrogens is 443 g/mol. The van der Waals surface area contributed by atoms with Gasteiger partial charge in [-0.1, -0.05) is 30.3 Å². The molecule has 0 aliphatic carbocycles. The van der Waals surface area contributed by atoms with Crippen molar-refractivity contribution in [1.29, 1.82) is 0 Å². The Morgan fingerprint density at radius 3 is 2.34 bits per heavy atom. The minimum atomic E-state index is -0.609. The van der Waals surface area contributed by atoms with Gasteiger partial charge in [-0.05, 0) is 73.2 Å². The number of nitrogens with zero attached hydrogens (tertiary/aromatic N) is 1. The van der Waals surface area contributed by atoms with Crippen LogP contribution >= 0.6 is 0 Å². The molecule has 0 saturated carbocycles. The Morgan fingerprint density at radius 1 is 0.829 bits per heavy atom. The number of benzene rings is 4. The molecule has 3 N–H and O–H groups in total. The first-order valence-corrected chi connectivity index (χ1v) is 11.0. The molecule has 0 aliphatic rings. The van der Waals surface area contributed by atoms with Gasteiger partial charge >= 0.3 is 0 Å². The summed E-state index contributed by atoms with van der Waals surface area (Å²) in [7, 11) is 0. The lowest BCUT2D eigenvalue weighted by atomic mass is 10.1. The second-order valence-electron chi connectivity index (χ2n) is 8.10. The van der Waals surface area contributed by atoms with Gasteiger partial charge < -0.3 is 15.6 Å². The van der Waals surface area contributed by atoms with Gasteiger partial charge in [-0.25, -0.2) is 9.37 Å². The van der Waals surface area contributed by atoms with Gasteiger partial charge in [-0.2, -0.15) is 0 Å². The maximum Gasteiger partial charge on any atom is 0.258 e. The second-order valence-corrected chi connectivity index (χ2v) is 8.10. The molecule has 0 bridgehead atoms. The molecule has 0 aliphatic heterocycles. The number of hydrogen-bond donors (Lipinski definition) is 3. The van der Waals surface area contributed by atoms with E-state index in [1.54, 1.807) is 43.3 Å². The van der Waals surface area contributed by atoms with Crippen molar-refractivity contribution in [3.8, 4) is 11.4 Å². The molecule has 35 heavy (non-hydrogen) atoms. The number of aromatic amines is 1. The number of halogens is 1. The maximum atomic E-state index is 14.0. The number of aryl methyl sites for hydroxylation is 1. The third-order valence-electron chi connectivity index (χ3n) is 5.67. The van der Waals surface area contributed by atoms with Crippen molar-refractivity contribution < 1.29 is 14.0 Å². The van der Waals surface area contributed by atoms with Crippen LogP contribution in [0.15, 0.2) is 91.0 Å². The zero-order valence-electron chi connectivity index (χ0n) is 18.8. The average Bonchev–Trinajstić information content (AvgIpc) is 3.30. The standard InChI is InChI=1S/C28H21FN4O2/c1-17-10-11-19(16-25(17)33-28(35)21-6-2-3-7-22(21)29)27(34)30-20-14-12-18(13-15-20)26-31-23-8-4-5-9-24(23)32-26/h2-16H,1H3,(H,30,34)(H,31,32)(H,33,35). The van der Waals surface area contributed by atoms with E-state index in [2.05, 4.69) is 20.6 Å². The van der Waals surface area contributed by atoms with Gasteiger partial charge in [0.05, 0.1) is 16.6 Å². The Bertz CT molecular complexity index is 1520. The van der Waals surface area contributed by atoms with E-state index in [1.807, 2.05) is 36.4 Å². The van der Waals surface area contributed by atoms with Gasteiger partial charge in [0.15, 0.2) is 0 Å². The number of imidazole rings is 1. The van der Waals surface area contributed by atoms with Gasteiger partial charge in [0.1, 0.15) is 11.6 Å². The van der Waals surface area contributed by atoms with E-state index in [-0.39, 0.29) is 11.5 Å². The Balaban J connectivity index is 1.30. The lowest BCUT2D eigenvalue weighted by Crippen LogP contribution is -2.16. The number of hydrogen-bond acceptors (Lipinski definition) is 3. The molecule has 0 saturated heterocycles. The normalized spacial score (nSPS) is 10.8. The Kier molecular flexibility index (Phi) is 5.81. The molecule has 5 aromatic rings. The maximum absolute atomic E-state index is 14.0. The molecule has 1 aromatic heterocycles. The molecule has 6 nitrogen and oxygen atoms in total. The summed E-state index contributed by atoms with van der Waals surface area (Å²) >= 11 is 0. The molecule has 5 rings (SSSR count). The summed E-state index contributed by atoms with van der Waals surface area (Å²) in [5, 5.41) is 5.56. The highest BCUT2D eigenvalue weighted by atomic mass is 19.1. The van der Waals surface area contributed by atoms with Crippen LogP contribution in [0, 0.1) is 12.7 Å². The van der Waals surface area contributed by atoms with Gasteiger partial charge in [0, 0.05) is 22.5 Å². The number of amides is 2. The highest BCUT2D eigenvalue weighted by Gasteiger charge is 2.14. The first-order chi connectivity index (χ1) is 17.0. The van der Waals surface area contributed by atoms with Crippen LogP contribution in [0.2, 0.25) is 0 Å². The van der Waals surface area contributed by atoms with Crippen molar-refractivity contribution in [2.24, 2.45) is 0 Å². The molecule has 0 spiro atoms. The number of carbonyl (C=O) groups excluding carboxylic acids is 2. The highest BCUT2D eigenvalue weighted by Crippen LogP contribution is 2.23. The Labute approximate surface area is 200 Å². The predicted molar refractivity (Wildman–Crippen MR) is 135 cm³/mol. The fourth-order valence-corrected chi connectivity index (χ4v) is 3.74. The van der Waals surface area contributed by atoms with Crippen LogP contribution in [-0.4, -0.2) is 21.8 Å². The monoisotopic (exact) mass is 464 g/mol. The predicted octanol–water partition coefficient (Wildman–Crippen LogP) is 6.18. The third kappa shape index (κ3) is 4.65. The van der Waals surface area contributed by atoms with Crippen LogP contribution in [0.4, 0.5) is 15.8 Å². The van der Waals surface area contributed by atoms with Crippen LogP contribution in [0.5, 0.6) is 0 Å². The van der Waals surface area contributed by atoms with Crippen molar-refractivity contribution in [1.82, 2.24) is 9.97 Å². The number of rotatable bonds is 5. The fourth-order valence-electron chi connectivity index (χ4n) is 3.74. The molecule has 0 fully saturated rings. The van der Waals surface area contributed by atoms with Crippen LogP contribution < -0.4 is 10.6 Å². The number of aromatic nitrogens is 2. The number of fused-ring (bicyclic) bond motifs is 1. The van der Waals surface area contributed by atoms with Gasteiger partial charge in [-0.15, -0.1) is 0 Å². The molecule has 172 valence electrons. The number of nitrogens with one attached hydrogen (secondary N) is 3. The summed E-state index contributed by atoms with van der Waals surface area (Å²) in [6.45, 7) is 1.80. The molecule has 0 unspecified atom stereocenters. The molecule has 2 amide bonds. The highest BCUT2D eigenvalue weighted by molar-refractivity contribution is 6.08. The molecule has 7 heteroatoms. The van der Waals surface area contributed by atoms with Crippen molar-refractivity contribution in [3.63, 3.8) is 0 Å². The zero-order valence-corrected chi connectivity index (χ0v) is 18.8. The third-order valence-corrected chi connectivity index (χ3v) is 5.67. The summed E-state index contributed by atoms with van der Waals surface area (Å²) in [6, 6.07) is 25.9. The largest absolute Gasteiger partial charge is 0.338 e. The van der Waals surface area contributed by atoms with Gasteiger partial charge in [0.25, 0.3) is 11.8 Å². The van der Waals surface area contributed by atoms with E-state index in [1.165, 1.54) is 18.2 Å². The van der Waals surface area contributed by atoms with E-state index in [0.29, 0.717) is 16.9 Å². The topological polar surface area (TPSA) is 86.9 Å². The molecule has 1 heterocycles. The van der Waals surface area contributed by atoms with E-state index in [9.17, 15) is 14.0 Å². The second kappa shape index (κ2) is 9.23. The van der Waals surface area contributed by atoms with Crippen LogP contribution in [-0.2, 0) is 0 Å². The van der Waals surface area contributed by atoms with Crippen molar-refractivity contribution in [2.45, 2.75) is 6.92 Å². The molecular formula is C28H21FN4O2. The number of carbonyl (C=O) groups is 2. The van der Waals surface area contributed by atoms with E-state index >= 15 is 0 Å². The number of anilines is 2. The minimum absolute atomic E-state index is 0.0636. The van der Waals surface area contributed by atoms with Gasteiger partial charge in [0.2, 0.25) is 0 Å². The Morgan fingerprint density at radius 2 is 1.57 bits per heavy atom. The van der Waals surface area contributed by atoms with Gasteiger partial charge in [-0.3, -0.25) is 9.59 Å². The number of H-pyrrole nitrogens is 1. The van der Waals surface area contributed by atoms with E-state index in [4.69, 9.17) is 0 Å². The van der Waals surface area contributed by atoms with Crippen molar-refractivity contribution in [2.75, 3.05) is 10.6 Å². The number of para-hydroxylation sites is 2. The average molecular weight is 465 g/mol. The Hall–Kier alpha value is -4.78. The molecule has 0 atom stereocenters. The SMILES string of the molecule is Cc1ccc(C(=O)Nc2ccc(-c3nc4ccccc4[nH]3)cc2)cc1NC(=O)c1ccccc1F. The van der Waals surface area contributed by atoms with E-state index in [0.717, 1.165) is 28.0 Å². The van der Waals surface area contributed by atoms with Crippen molar-refractivity contribution in [3.05, 3.63) is 114 Å². The van der Waals surface area contributed by atoms with Crippen molar-refractivity contribution >= 4 is 34.2 Å². The summed E-state index contributed by atoms with van der Waals surface area (Å²) < 4.78 is 14.0. The lowest BCUT2D eigenvalue weighted by Gasteiger charge is -2.12. The quantitative estimate of drug-likeness (QED) is 0.290. The lowest BCUT2D eigenvalue weighted by molar-refractivity contribution is 0.101.